The number of hydrogen-bond acceptors (Lipinski definition) is 6. The van der Waals surface area contributed by atoms with Crippen LogP contribution in [0.2, 0.25) is 0 Å². The van der Waals surface area contributed by atoms with Crippen LogP contribution in [0.5, 0.6) is 5.75 Å². The highest BCUT2D eigenvalue weighted by atomic mass is 19.1. The van der Waals surface area contributed by atoms with Crippen molar-refractivity contribution in [1.82, 2.24) is 4.68 Å². The zero-order valence-electron chi connectivity index (χ0n) is 16.1. The molecule has 2 fully saturated rings. The number of benzene rings is 1. The molecule has 3 aliphatic rings. The van der Waals surface area contributed by atoms with Gasteiger partial charge in [0.25, 0.3) is 0 Å². The Bertz CT molecular complexity index is 1080. The Morgan fingerprint density at radius 1 is 1.34 bits per heavy atom. The molecule has 3 N–H and O–H groups in total. The van der Waals surface area contributed by atoms with Gasteiger partial charge >= 0.3 is 5.97 Å². The first kappa shape index (κ1) is 18.2. The van der Waals surface area contributed by atoms with Gasteiger partial charge in [-0.3, -0.25) is 14.5 Å². The largest absolute Gasteiger partial charge is 0.477 e. The molecule has 1 saturated carbocycles. The van der Waals surface area contributed by atoms with Crippen LogP contribution in [0.4, 0.5) is 10.1 Å². The Labute approximate surface area is 166 Å². The molecule has 1 saturated heterocycles. The maximum atomic E-state index is 15.3. The summed E-state index contributed by atoms with van der Waals surface area (Å²) in [5.74, 6) is -0.892. The van der Waals surface area contributed by atoms with E-state index in [9.17, 15) is 14.7 Å². The van der Waals surface area contributed by atoms with Crippen molar-refractivity contribution in [3.05, 3.63) is 33.9 Å². The number of anilines is 1. The molecule has 3 atom stereocenters. The van der Waals surface area contributed by atoms with Crippen molar-refractivity contribution in [3.8, 4) is 5.75 Å². The highest BCUT2D eigenvalue weighted by Crippen LogP contribution is 2.45. The van der Waals surface area contributed by atoms with Crippen LogP contribution in [0.1, 0.15) is 29.6 Å². The Balaban J connectivity index is 1.71. The molecule has 0 spiro atoms. The molecule has 2 aromatic rings. The topological polar surface area (TPSA) is 101 Å². The van der Waals surface area contributed by atoms with Gasteiger partial charge in [-0.15, -0.1) is 0 Å². The lowest BCUT2D eigenvalue weighted by Gasteiger charge is -2.33. The van der Waals surface area contributed by atoms with Gasteiger partial charge in [0, 0.05) is 32.4 Å². The van der Waals surface area contributed by atoms with Gasteiger partial charge in [-0.2, -0.15) is 0 Å². The van der Waals surface area contributed by atoms with E-state index in [0.29, 0.717) is 41.9 Å². The molecule has 0 amide bonds. The molecule has 3 heterocycles. The van der Waals surface area contributed by atoms with Gasteiger partial charge in [-0.05, 0) is 30.7 Å². The van der Waals surface area contributed by atoms with Gasteiger partial charge in [-0.25, -0.2) is 9.18 Å². The second-order valence-corrected chi connectivity index (χ2v) is 8.31. The minimum absolute atomic E-state index is 0.000940. The van der Waals surface area contributed by atoms with Crippen LogP contribution >= 0.6 is 0 Å². The summed E-state index contributed by atoms with van der Waals surface area (Å²) in [5.41, 5.74) is 5.93. The number of fused-ring (bicyclic) bond motifs is 1. The first-order chi connectivity index (χ1) is 13.9. The van der Waals surface area contributed by atoms with Crippen molar-refractivity contribution in [2.24, 2.45) is 17.6 Å². The van der Waals surface area contributed by atoms with Crippen LogP contribution in [0, 0.1) is 17.7 Å². The van der Waals surface area contributed by atoms with Crippen molar-refractivity contribution in [2.75, 3.05) is 36.8 Å². The van der Waals surface area contributed by atoms with Gasteiger partial charge in [-0.1, -0.05) is 6.42 Å². The van der Waals surface area contributed by atoms with E-state index < -0.39 is 22.8 Å². The fraction of sp³-hybridized carbons (Fsp3) is 0.500. The monoisotopic (exact) mass is 402 g/mol. The number of pyridine rings is 1. The first-order valence-electron chi connectivity index (χ1n) is 9.86. The molecule has 154 valence electrons. The maximum Gasteiger partial charge on any atom is 0.341 e. The summed E-state index contributed by atoms with van der Waals surface area (Å²) in [6.45, 7) is 1.46. The van der Waals surface area contributed by atoms with Gasteiger partial charge in [0.2, 0.25) is 5.43 Å². The molecule has 1 aromatic heterocycles. The summed E-state index contributed by atoms with van der Waals surface area (Å²) in [4.78, 5) is 26.2. The normalized spacial score (nSPS) is 25.8. The van der Waals surface area contributed by atoms with Crippen molar-refractivity contribution < 1.29 is 19.0 Å². The molecule has 0 radical (unpaired) electrons. The molecule has 0 bridgehead atoms. The number of halogens is 1. The number of ether oxygens (including phenoxy) is 1. The Kier molecular flexibility index (Phi) is 3.99. The summed E-state index contributed by atoms with van der Waals surface area (Å²) in [6, 6.07) is 1.26. The van der Waals surface area contributed by atoms with E-state index in [1.807, 2.05) is 4.90 Å². The highest BCUT2D eigenvalue weighted by Gasteiger charge is 2.41. The van der Waals surface area contributed by atoms with Gasteiger partial charge < -0.3 is 20.5 Å². The molecule has 2 aliphatic heterocycles. The molecular formula is C20H23FN4O4. The number of aromatic carboxylic acids is 1. The zero-order chi connectivity index (χ0) is 20.4. The van der Waals surface area contributed by atoms with E-state index in [1.54, 1.807) is 16.7 Å². The highest BCUT2D eigenvalue weighted by molar-refractivity contribution is 5.97. The van der Waals surface area contributed by atoms with Crippen molar-refractivity contribution in [3.63, 3.8) is 0 Å². The summed E-state index contributed by atoms with van der Waals surface area (Å²) in [6.07, 6.45) is 4.43. The number of nitrogens with zero attached hydrogens (tertiary/aromatic N) is 3. The van der Waals surface area contributed by atoms with Crippen molar-refractivity contribution in [2.45, 2.75) is 25.3 Å². The van der Waals surface area contributed by atoms with E-state index in [0.717, 1.165) is 25.3 Å². The Morgan fingerprint density at radius 3 is 2.86 bits per heavy atom. The van der Waals surface area contributed by atoms with Crippen LogP contribution in [-0.4, -0.2) is 48.7 Å². The zero-order valence-corrected chi connectivity index (χ0v) is 16.1. The molecule has 1 aliphatic carbocycles. The number of carboxylic acids is 1. The lowest BCUT2D eigenvalue weighted by molar-refractivity contribution is 0.0694. The van der Waals surface area contributed by atoms with Gasteiger partial charge in [0.05, 0.1) is 5.39 Å². The Hall–Kier alpha value is -2.81. The van der Waals surface area contributed by atoms with Crippen LogP contribution < -0.4 is 25.8 Å². The van der Waals surface area contributed by atoms with Crippen LogP contribution in [0.3, 0.4) is 0 Å². The maximum absolute atomic E-state index is 15.3. The van der Waals surface area contributed by atoms with E-state index in [-0.39, 0.29) is 18.2 Å². The smallest absolute Gasteiger partial charge is 0.341 e. The molecule has 5 rings (SSSR count). The van der Waals surface area contributed by atoms with E-state index in [2.05, 4.69) is 0 Å². The predicted molar refractivity (Wildman–Crippen MR) is 106 cm³/mol. The van der Waals surface area contributed by atoms with E-state index in [4.69, 9.17) is 10.5 Å². The molecular weight excluding hydrogens is 379 g/mol. The third-order valence-corrected chi connectivity index (χ3v) is 6.62. The fourth-order valence-corrected chi connectivity index (χ4v) is 5.17. The number of hydrogen-bond donors (Lipinski definition) is 2. The minimum Gasteiger partial charge on any atom is -0.477 e. The molecule has 9 heteroatoms. The van der Waals surface area contributed by atoms with Crippen LogP contribution in [0.15, 0.2) is 17.1 Å². The third-order valence-electron chi connectivity index (χ3n) is 6.62. The second-order valence-electron chi connectivity index (χ2n) is 8.31. The van der Waals surface area contributed by atoms with Gasteiger partial charge in [0.1, 0.15) is 16.8 Å². The number of carbonyl (C=O) groups is 1. The molecule has 29 heavy (non-hydrogen) atoms. The van der Waals surface area contributed by atoms with Crippen LogP contribution in [0.25, 0.3) is 10.9 Å². The van der Waals surface area contributed by atoms with Crippen molar-refractivity contribution in [1.29, 1.82) is 0 Å². The average molecular weight is 402 g/mol. The van der Waals surface area contributed by atoms with E-state index >= 15 is 4.39 Å². The van der Waals surface area contributed by atoms with E-state index in [1.165, 1.54) is 6.20 Å². The lowest BCUT2D eigenvalue weighted by atomic mass is 9.78. The minimum atomic E-state index is -1.34. The summed E-state index contributed by atoms with van der Waals surface area (Å²) >= 11 is 0. The molecule has 1 aromatic carbocycles. The van der Waals surface area contributed by atoms with Crippen molar-refractivity contribution >= 4 is 22.6 Å². The fourth-order valence-electron chi connectivity index (χ4n) is 5.17. The number of aromatic nitrogens is 1. The van der Waals surface area contributed by atoms with Gasteiger partial charge in [0.15, 0.2) is 18.3 Å². The molecule has 0 unspecified atom stereocenters. The Morgan fingerprint density at radius 2 is 2.14 bits per heavy atom. The average Bonchev–Trinajstić information content (AvgIpc) is 3.10. The quantitative estimate of drug-likeness (QED) is 0.781. The summed E-state index contributed by atoms with van der Waals surface area (Å²) in [7, 11) is 1.71. The number of rotatable bonds is 2. The summed E-state index contributed by atoms with van der Waals surface area (Å²) in [5, 5.41) is 11.0. The third kappa shape index (κ3) is 2.60. The first-order valence-corrected chi connectivity index (χ1v) is 9.86. The predicted octanol–water partition coefficient (Wildman–Crippen LogP) is 1.32. The summed E-state index contributed by atoms with van der Waals surface area (Å²) < 4.78 is 22.7. The van der Waals surface area contributed by atoms with Crippen LogP contribution in [-0.2, 0) is 0 Å². The molecule has 8 nitrogen and oxygen atoms in total. The lowest BCUT2D eigenvalue weighted by Crippen LogP contribution is -2.40. The number of nitrogens with two attached hydrogens (primary N) is 1. The SMILES string of the molecule is CN1COc2c(N3C[C@H]4CCC[C@@H](N)[C@H]4C3)c(F)cc3c(=O)c(C(=O)O)cn1c23. The standard InChI is InChI=1S/C20H23FN4O4/c1-23-9-29-19-16-11(18(26)13(20(27)28)8-25(16)23)5-14(21)17(19)24-6-10-3-2-4-15(22)12(10)7-24/h5,8,10,12,15H,2-4,6-7,9,22H2,1H3,(H,27,28)/t10-,12+,15-/m1/s1. The number of carboxylic acid groups (broad SMARTS) is 1. The second kappa shape index (κ2) is 6.35.